The third-order valence-electron chi connectivity index (χ3n) is 12.0. The van der Waals surface area contributed by atoms with Crippen LogP contribution in [-0.4, -0.2) is 77.8 Å². The lowest BCUT2D eigenvalue weighted by molar-refractivity contribution is -0.197. The van der Waals surface area contributed by atoms with E-state index in [1.165, 1.54) is 11.8 Å². The van der Waals surface area contributed by atoms with Crippen molar-refractivity contribution < 1.29 is 32.6 Å². The molecule has 2 N–H and O–H groups in total. The second-order valence-electron chi connectivity index (χ2n) is 15.7. The molecule has 7 rings (SSSR count). The molecule has 320 valence electrons. The summed E-state index contributed by atoms with van der Waals surface area (Å²) in [6, 6.07) is 28.2. The molecule has 4 aromatic rings. The SMILES string of the molecule is C=CNC(=O)C(CCC)N1Cc2cc(N3CCN(CCCCC(Oc4ccc(C5c6ccc(O)cc6CCC5c5ccccc5)cc4)C(F)(F)F)CC3)ccc2C1=O.CC. The van der Waals surface area contributed by atoms with Crippen molar-refractivity contribution in [1.29, 1.82) is 0 Å². The molecule has 1 fully saturated rings. The maximum atomic E-state index is 14.3. The van der Waals surface area contributed by atoms with Crippen molar-refractivity contribution in [3.05, 3.63) is 137 Å². The van der Waals surface area contributed by atoms with E-state index in [2.05, 4.69) is 33.8 Å². The van der Waals surface area contributed by atoms with Gasteiger partial charge in [-0.15, -0.1) is 0 Å². The van der Waals surface area contributed by atoms with Crippen molar-refractivity contribution in [2.24, 2.45) is 0 Å². The molecule has 1 saturated heterocycles. The smallest absolute Gasteiger partial charge is 0.425 e. The zero-order valence-corrected chi connectivity index (χ0v) is 35.1. The fourth-order valence-corrected chi connectivity index (χ4v) is 9.06. The van der Waals surface area contributed by atoms with Crippen molar-refractivity contribution in [2.45, 2.75) is 102 Å². The summed E-state index contributed by atoms with van der Waals surface area (Å²) >= 11 is 0. The van der Waals surface area contributed by atoms with Crippen molar-refractivity contribution in [2.75, 3.05) is 37.6 Å². The van der Waals surface area contributed by atoms with E-state index in [0.29, 0.717) is 37.9 Å². The lowest BCUT2D eigenvalue weighted by Gasteiger charge is -2.36. The summed E-state index contributed by atoms with van der Waals surface area (Å²) in [7, 11) is 0. The molecule has 0 bridgehead atoms. The first-order chi connectivity index (χ1) is 29.0. The number of phenolic OH excluding ortho intramolecular Hbond substituents is 1. The first-order valence-corrected chi connectivity index (χ1v) is 21.6. The summed E-state index contributed by atoms with van der Waals surface area (Å²) in [4.78, 5) is 32.2. The Bertz CT molecular complexity index is 2050. The number of nitrogens with one attached hydrogen (secondary N) is 1. The highest BCUT2D eigenvalue weighted by molar-refractivity contribution is 6.01. The number of ether oxygens (including phenoxy) is 1. The Kier molecular flexibility index (Phi) is 15.0. The molecular formula is C49H59F3N4O4. The molecule has 4 aromatic carbocycles. The number of benzene rings is 4. The van der Waals surface area contributed by atoms with Crippen LogP contribution in [0.25, 0.3) is 0 Å². The first kappa shape index (κ1) is 44.3. The minimum Gasteiger partial charge on any atom is -0.508 e. The van der Waals surface area contributed by atoms with E-state index in [1.54, 1.807) is 23.1 Å². The largest absolute Gasteiger partial charge is 0.508 e. The Morgan fingerprint density at radius 1 is 0.917 bits per heavy atom. The van der Waals surface area contributed by atoms with Gasteiger partial charge in [0.05, 0.1) is 0 Å². The third kappa shape index (κ3) is 10.3. The number of rotatable bonds is 15. The van der Waals surface area contributed by atoms with Gasteiger partial charge in [0.25, 0.3) is 5.91 Å². The zero-order valence-electron chi connectivity index (χ0n) is 35.1. The number of aryl methyl sites for hydroxylation is 1. The van der Waals surface area contributed by atoms with Gasteiger partial charge in [-0.05, 0) is 127 Å². The molecule has 1 aliphatic carbocycles. The fraction of sp³-hybridized carbons (Fsp3) is 0.429. The normalized spacial score (nSPS) is 18.7. The van der Waals surface area contributed by atoms with Gasteiger partial charge in [0.2, 0.25) is 5.91 Å². The minimum absolute atomic E-state index is 0.00646. The number of aromatic hydroxyl groups is 1. The lowest BCUT2D eigenvalue weighted by Crippen LogP contribution is -2.46. The van der Waals surface area contributed by atoms with Gasteiger partial charge >= 0.3 is 6.18 Å². The zero-order chi connectivity index (χ0) is 42.8. The predicted octanol–water partition coefficient (Wildman–Crippen LogP) is 9.97. The molecule has 11 heteroatoms. The highest BCUT2D eigenvalue weighted by atomic mass is 19.4. The Morgan fingerprint density at radius 2 is 1.65 bits per heavy atom. The number of halogens is 3. The summed E-state index contributed by atoms with van der Waals surface area (Å²) in [5.41, 5.74) is 6.98. The summed E-state index contributed by atoms with van der Waals surface area (Å²) < 4.78 is 48.4. The molecule has 2 heterocycles. The minimum atomic E-state index is -4.50. The summed E-state index contributed by atoms with van der Waals surface area (Å²) in [5.74, 6) is 0.243. The standard InChI is InChI=1S/C47H53F3N4O4.C2H6/c1-3-10-42(45(56)51-4-2)54-31-35-29-36(17-22-41(35)46(54)57)53-27-25-52(26-28-53)24-9-8-13-43(47(48,49)50)58-38-19-14-33(15-20-38)44-39(32-11-6-5-7-12-32)21-16-34-30-37(55)18-23-40(34)44;1-2/h4-7,11-12,14-15,17-20,22-23,29-30,39,42-44,55H,2-3,8-10,13,16,21,24-28,31H2,1H3,(H,51,56);1-2H3. The van der Waals surface area contributed by atoms with Crippen LogP contribution in [0.5, 0.6) is 11.5 Å². The van der Waals surface area contributed by atoms with E-state index in [4.69, 9.17) is 4.74 Å². The van der Waals surface area contributed by atoms with E-state index in [-0.39, 0.29) is 41.6 Å². The maximum Gasteiger partial charge on any atom is 0.425 e. The van der Waals surface area contributed by atoms with Crippen LogP contribution in [0.3, 0.4) is 0 Å². The molecule has 4 atom stereocenters. The molecular weight excluding hydrogens is 766 g/mol. The van der Waals surface area contributed by atoms with Crippen LogP contribution in [0.4, 0.5) is 18.9 Å². The molecule has 2 amide bonds. The van der Waals surface area contributed by atoms with Gasteiger partial charge < -0.3 is 25.0 Å². The molecule has 2 aliphatic heterocycles. The number of carbonyl (C=O) groups excluding carboxylic acids is 2. The van der Waals surface area contributed by atoms with E-state index in [1.807, 2.05) is 81.4 Å². The number of phenols is 1. The van der Waals surface area contributed by atoms with Crippen LogP contribution in [-0.2, 0) is 17.8 Å². The number of carbonyl (C=O) groups is 2. The number of amides is 2. The number of fused-ring (bicyclic) bond motifs is 2. The second-order valence-corrected chi connectivity index (χ2v) is 15.7. The van der Waals surface area contributed by atoms with Crippen LogP contribution >= 0.6 is 0 Å². The number of nitrogens with zero attached hydrogens (tertiary/aromatic N) is 3. The molecule has 0 saturated carbocycles. The van der Waals surface area contributed by atoms with E-state index >= 15 is 0 Å². The average Bonchev–Trinajstić information content (AvgIpc) is 3.59. The van der Waals surface area contributed by atoms with Crippen molar-refractivity contribution in [3.63, 3.8) is 0 Å². The van der Waals surface area contributed by atoms with Gasteiger partial charge in [0.1, 0.15) is 17.5 Å². The van der Waals surface area contributed by atoms with Gasteiger partial charge in [-0.1, -0.05) is 82.3 Å². The molecule has 8 nitrogen and oxygen atoms in total. The molecule has 0 radical (unpaired) electrons. The van der Waals surface area contributed by atoms with Crippen LogP contribution in [0.2, 0.25) is 0 Å². The molecule has 60 heavy (non-hydrogen) atoms. The molecule has 4 unspecified atom stereocenters. The fourth-order valence-electron chi connectivity index (χ4n) is 9.06. The van der Waals surface area contributed by atoms with Crippen LogP contribution in [0, 0.1) is 0 Å². The van der Waals surface area contributed by atoms with Gasteiger partial charge in [0.15, 0.2) is 6.10 Å². The second kappa shape index (κ2) is 20.3. The Labute approximate surface area is 353 Å². The van der Waals surface area contributed by atoms with Gasteiger partial charge in [-0.25, -0.2) is 0 Å². The van der Waals surface area contributed by atoms with Crippen molar-refractivity contribution >= 4 is 17.5 Å². The Balaban J connectivity index is 0.00000297. The first-order valence-electron chi connectivity index (χ1n) is 21.6. The summed E-state index contributed by atoms with van der Waals surface area (Å²) in [5, 5.41) is 12.8. The van der Waals surface area contributed by atoms with Crippen LogP contribution in [0.1, 0.15) is 109 Å². The number of anilines is 1. The summed E-state index contributed by atoms with van der Waals surface area (Å²) in [6.07, 6.45) is -1.12. The lowest BCUT2D eigenvalue weighted by atomic mass is 9.69. The number of piperazine rings is 1. The quantitative estimate of drug-likeness (QED) is 0.116. The molecule has 0 spiro atoms. The topological polar surface area (TPSA) is 85.4 Å². The van der Waals surface area contributed by atoms with E-state index in [0.717, 1.165) is 73.4 Å². The van der Waals surface area contributed by atoms with Crippen LogP contribution < -0.4 is 15.0 Å². The molecule has 0 aromatic heterocycles. The summed E-state index contributed by atoms with van der Waals surface area (Å²) in [6.45, 7) is 13.7. The predicted molar refractivity (Wildman–Crippen MR) is 232 cm³/mol. The van der Waals surface area contributed by atoms with E-state index in [9.17, 15) is 27.9 Å². The third-order valence-corrected chi connectivity index (χ3v) is 12.0. The highest BCUT2D eigenvalue weighted by Gasteiger charge is 2.42. The van der Waals surface area contributed by atoms with Gasteiger partial charge in [-0.2, -0.15) is 13.2 Å². The maximum absolute atomic E-state index is 14.3. The van der Waals surface area contributed by atoms with E-state index < -0.39 is 18.3 Å². The Hall–Kier alpha value is -5.29. The van der Waals surface area contributed by atoms with Gasteiger partial charge in [0, 0.05) is 49.9 Å². The number of unbranched alkanes of at least 4 members (excludes halogenated alkanes) is 1. The molecule has 3 aliphatic rings. The van der Waals surface area contributed by atoms with Crippen molar-refractivity contribution in [1.82, 2.24) is 15.1 Å². The number of alkyl halides is 3. The highest BCUT2D eigenvalue weighted by Crippen LogP contribution is 2.47. The van der Waals surface area contributed by atoms with Crippen molar-refractivity contribution in [3.8, 4) is 11.5 Å². The Morgan fingerprint density at radius 3 is 2.33 bits per heavy atom. The van der Waals surface area contributed by atoms with Gasteiger partial charge in [-0.3, -0.25) is 14.5 Å². The average molecular weight is 825 g/mol. The number of hydrogen-bond donors (Lipinski definition) is 2. The number of hydrogen-bond acceptors (Lipinski definition) is 6. The monoisotopic (exact) mass is 824 g/mol. The van der Waals surface area contributed by atoms with Crippen LogP contribution in [0.15, 0.2) is 104 Å².